The SMILES string of the molecule is Cc1cncc(Cc2ccc(C(C)C)s2)c1. The maximum absolute atomic E-state index is 4.23. The van der Waals surface area contributed by atoms with Crippen molar-refractivity contribution in [1.29, 1.82) is 0 Å². The zero-order valence-corrected chi connectivity index (χ0v) is 10.8. The molecular weight excluding hydrogens is 214 g/mol. The van der Waals surface area contributed by atoms with Gasteiger partial charge in [-0.05, 0) is 36.1 Å². The Bertz CT molecular complexity index is 471. The number of pyridine rings is 1. The molecule has 1 nitrogen and oxygen atoms in total. The summed E-state index contributed by atoms with van der Waals surface area (Å²) in [5.41, 5.74) is 2.54. The summed E-state index contributed by atoms with van der Waals surface area (Å²) in [6.45, 7) is 6.57. The van der Waals surface area contributed by atoms with Crippen molar-refractivity contribution < 1.29 is 0 Å². The van der Waals surface area contributed by atoms with E-state index in [9.17, 15) is 0 Å². The van der Waals surface area contributed by atoms with Gasteiger partial charge >= 0.3 is 0 Å². The Kier molecular flexibility index (Phi) is 3.39. The quantitative estimate of drug-likeness (QED) is 0.772. The van der Waals surface area contributed by atoms with Gasteiger partial charge in [-0.25, -0.2) is 0 Å². The van der Waals surface area contributed by atoms with Gasteiger partial charge in [-0.3, -0.25) is 4.98 Å². The van der Waals surface area contributed by atoms with Gasteiger partial charge in [0.05, 0.1) is 0 Å². The van der Waals surface area contributed by atoms with E-state index in [-0.39, 0.29) is 0 Å². The molecule has 0 saturated carbocycles. The molecule has 0 fully saturated rings. The average molecular weight is 231 g/mol. The molecule has 0 aliphatic rings. The first-order valence-corrected chi connectivity index (χ1v) is 6.46. The second-order valence-electron chi connectivity index (χ2n) is 4.51. The average Bonchev–Trinajstić information content (AvgIpc) is 2.66. The second-order valence-corrected chi connectivity index (χ2v) is 5.71. The van der Waals surface area contributed by atoms with Crippen molar-refractivity contribution in [3.05, 3.63) is 51.5 Å². The highest BCUT2D eigenvalue weighted by atomic mass is 32.1. The molecule has 2 aromatic heterocycles. The first-order valence-electron chi connectivity index (χ1n) is 5.64. The molecule has 0 aromatic carbocycles. The van der Waals surface area contributed by atoms with Crippen LogP contribution in [0.15, 0.2) is 30.6 Å². The van der Waals surface area contributed by atoms with Crippen LogP contribution in [0.1, 0.15) is 40.6 Å². The number of rotatable bonds is 3. The molecule has 0 aliphatic heterocycles. The standard InChI is InChI=1S/C14H17NS/c1-10(2)14-5-4-13(16-14)7-12-6-11(3)8-15-9-12/h4-6,8-10H,7H2,1-3H3. The van der Waals surface area contributed by atoms with Crippen LogP contribution in [0.2, 0.25) is 0 Å². The van der Waals surface area contributed by atoms with Gasteiger partial charge in [-0.15, -0.1) is 11.3 Å². The van der Waals surface area contributed by atoms with Gasteiger partial charge in [0.15, 0.2) is 0 Å². The Morgan fingerprint density at radius 2 is 2.06 bits per heavy atom. The number of thiophene rings is 1. The Morgan fingerprint density at radius 1 is 1.25 bits per heavy atom. The summed E-state index contributed by atoms with van der Waals surface area (Å²) >= 11 is 1.91. The van der Waals surface area contributed by atoms with E-state index in [2.05, 4.69) is 44.0 Å². The molecule has 0 amide bonds. The minimum atomic E-state index is 0.634. The van der Waals surface area contributed by atoms with Crippen molar-refractivity contribution in [3.63, 3.8) is 0 Å². The highest BCUT2D eigenvalue weighted by molar-refractivity contribution is 7.12. The van der Waals surface area contributed by atoms with E-state index >= 15 is 0 Å². The van der Waals surface area contributed by atoms with Gasteiger partial charge < -0.3 is 0 Å². The van der Waals surface area contributed by atoms with Crippen LogP contribution in [-0.4, -0.2) is 4.98 Å². The summed E-state index contributed by atoms with van der Waals surface area (Å²) in [5, 5.41) is 0. The molecule has 0 atom stereocenters. The third kappa shape index (κ3) is 2.70. The molecule has 2 heteroatoms. The van der Waals surface area contributed by atoms with E-state index in [0.717, 1.165) is 6.42 Å². The Balaban J connectivity index is 2.14. The third-order valence-electron chi connectivity index (χ3n) is 2.56. The zero-order valence-electron chi connectivity index (χ0n) is 10.0. The van der Waals surface area contributed by atoms with E-state index in [1.807, 2.05) is 23.7 Å². The van der Waals surface area contributed by atoms with Gasteiger partial charge in [-0.1, -0.05) is 19.9 Å². The fourth-order valence-corrected chi connectivity index (χ4v) is 2.76. The van der Waals surface area contributed by atoms with E-state index in [1.165, 1.54) is 20.9 Å². The first-order chi connectivity index (χ1) is 7.65. The van der Waals surface area contributed by atoms with Crippen LogP contribution in [0.5, 0.6) is 0 Å². The van der Waals surface area contributed by atoms with Gasteiger partial charge in [0, 0.05) is 28.6 Å². The van der Waals surface area contributed by atoms with E-state index in [0.29, 0.717) is 5.92 Å². The molecule has 0 radical (unpaired) electrons. The van der Waals surface area contributed by atoms with E-state index < -0.39 is 0 Å². The largest absolute Gasteiger partial charge is 0.264 e. The van der Waals surface area contributed by atoms with Crippen LogP contribution in [0, 0.1) is 6.92 Å². The lowest BCUT2D eigenvalue weighted by Gasteiger charge is -2.00. The maximum atomic E-state index is 4.23. The van der Waals surface area contributed by atoms with Crippen LogP contribution >= 0.6 is 11.3 Å². The summed E-state index contributed by atoms with van der Waals surface area (Å²) in [6.07, 6.45) is 4.87. The first kappa shape index (κ1) is 11.3. The Labute approximate surface area is 101 Å². The monoisotopic (exact) mass is 231 g/mol. The lowest BCUT2D eigenvalue weighted by molar-refractivity contribution is 0.890. The van der Waals surface area contributed by atoms with Crippen LogP contribution in [0.3, 0.4) is 0 Å². The predicted octanol–water partition coefficient (Wildman–Crippen LogP) is 4.17. The van der Waals surface area contributed by atoms with Crippen molar-refractivity contribution in [2.45, 2.75) is 33.1 Å². The zero-order chi connectivity index (χ0) is 11.5. The lowest BCUT2D eigenvalue weighted by atomic mass is 10.1. The van der Waals surface area contributed by atoms with Crippen molar-refractivity contribution in [2.24, 2.45) is 0 Å². The minimum Gasteiger partial charge on any atom is -0.264 e. The summed E-state index contributed by atoms with van der Waals surface area (Å²) in [6, 6.07) is 6.69. The second kappa shape index (κ2) is 4.79. The van der Waals surface area contributed by atoms with Crippen molar-refractivity contribution in [2.75, 3.05) is 0 Å². The number of aryl methyl sites for hydroxylation is 1. The molecule has 2 rings (SSSR count). The van der Waals surface area contributed by atoms with Crippen LogP contribution < -0.4 is 0 Å². The smallest absolute Gasteiger partial charge is 0.0303 e. The molecule has 0 unspecified atom stereocenters. The minimum absolute atomic E-state index is 0.634. The molecule has 0 spiro atoms. The molecule has 0 N–H and O–H groups in total. The van der Waals surface area contributed by atoms with Crippen LogP contribution in [0.25, 0.3) is 0 Å². The van der Waals surface area contributed by atoms with Gasteiger partial charge in [0.25, 0.3) is 0 Å². The summed E-state index contributed by atoms with van der Waals surface area (Å²) < 4.78 is 0. The topological polar surface area (TPSA) is 12.9 Å². The lowest BCUT2D eigenvalue weighted by Crippen LogP contribution is -1.87. The van der Waals surface area contributed by atoms with E-state index in [4.69, 9.17) is 0 Å². The molecule has 0 saturated heterocycles. The number of hydrogen-bond acceptors (Lipinski definition) is 2. The van der Waals surface area contributed by atoms with Crippen LogP contribution in [0.4, 0.5) is 0 Å². The maximum Gasteiger partial charge on any atom is 0.0303 e. The summed E-state index contributed by atoms with van der Waals surface area (Å²) in [5.74, 6) is 0.634. The molecule has 0 aliphatic carbocycles. The number of hydrogen-bond donors (Lipinski definition) is 0. The van der Waals surface area contributed by atoms with E-state index in [1.54, 1.807) is 0 Å². The van der Waals surface area contributed by atoms with Crippen LogP contribution in [-0.2, 0) is 6.42 Å². The molecule has 16 heavy (non-hydrogen) atoms. The fraction of sp³-hybridized carbons (Fsp3) is 0.357. The molecule has 2 aromatic rings. The molecule has 2 heterocycles. The summed E-state index contributed by atoms with van der Waals surface area (Å²) in [4.78, 5) is 7.12. The Morgan fingerprint density at radius 3 is 2.69 bits per heavy atom. The highest BCUT2D eigenvalue weighted by Gasteiger charge is 2.04. The summed E-state index contributed by atoms with van der Waals surface area (Å²) in [7, 11) is 0. The van der Waals surface area contributed by atoms with Gasteiger partial charge in [0.1, 0.15) is 0 Å². The highest BCUT2D eigenvalue weighted by Crippen LogP contribution is 2.25. The third-order valence-corrected chi connectivity index (χ3v) is 3.95. The molecule has 0 bridgehead atoms. The van der Waals surface area contributed by atoms with Gasteiger partial charge in [0.2, 0.25) is 0 Å². The number of nitrogens with zero attached hydrogens (tertiary/aromatic N) is 1. The normalized spacial score (nSPS) is 11.0. The predicted molar refractivity (Wildman–Crippen MR) is 70.2 cm³/mol. The molecule has 84 valence electrons. The molecular formula is C14H17NS. The van der Waals surface area contributed by atoms with Crippen molar-refractivity contribution in [1.82, 2.24) is 4.98 Å². The Hall–Kier alpha value is -1.15. The van der Waals surface area contributed by atoms with Crippen molar-refractivity contribution in [3.8, 4) is 0 Å². The fourth-order valence-electron chi connectivity index (χ4n) is 1.72. The van der Waals surface area contributed by atoms with Crippen molar-refractivity contribution >= 4 is 11.3 Å². The van der Waals surface area contributed by atoms with Gasteiger partial charge in [-0.2, -0.15) is 0 Å². The number of aromatic nitrogens is 1.